The Morgan fingerprint density at radius 1 is 1.19 bits per heavy atom. The van der Waals surface area contributed by atoms with Crippen molar-refractivity contribution >= 4 is 11.4 Å². The van der Waals surface area contributed by atoms with Crippen LogP contribution in [-0.4, -0.2) is 19.1 Å². The predicted molar refractivity (Wildman–Crippen MR) is 71.5 cm³/mol. The summed E-state index contributed by atoms with van der Waals surface area (Å²) in [6.07, 6.45) is 0. The smallest absolute Gasteiger partial charge is 0.0607 e. The number of benzene rings is 1. The van der Waals surface area contributed by atoms with E-state index in [-0.39, 0.29) is 0 Å². The van der Waals surface area contributed by atoms with Crippen LogP contribution in [0.2, 0.25) is 0 Å². The van der Waals surface area contributed by atoms with Crippen LogP contribution < -0.4 is 10.2 Å². The second kappa shape index (κ2) is 4.36. The highest BCUT2D eigenvalue weighted by atomic mass is 15.2. The summed E-state index contributed by atoms with van der Waals surface area (Å²) in [5.41, 5.74) is 4.07. The zero-order valence-electron chi connectivity index (χ0n) is 10.7. The number of nitrogens with one attached hydrogen (secondary N) is 1. The van der Waals surface area contributed by atoms with Gasteiger partial charge < -0.3 is 10.2 Å². The third kappa shape index (κ3) is 2.01. The summed E-state index contributed by atoms with van der Waals surface area (Å²) >= 11 is 0. The Hall–Kier alpha value is -1.18. The van der Waals surface area contributed by atoms with Gasteiger partial charge in [-0.05, 0) is 37.5 Å². The Bertz CT molecular complexity index is 369. The van der Waals surface area contributed by atoms with Crippen LogP contribution in [0.5, 0.6) is 0 Å². The minimum atomic E-state index is 0.572. The first-order valence-electron chi connectivity index (χ1n) is 6.24. The van der Waals surface area contributed by atoms with E-state index in [4.69, 9.17) is 0 Å². The average molecular weight is 218 g/mol. The van der Waals surface area contributed by atoms with Crippen molar-refractivity contribution in [1.29, 1.82) is 0 Å². The van der Waals surface area contributed by atoms with E-state index in [1.165, 1.54) is 16.9 Å². The molecule has 1 N–H and O–H groups in total. The molecular weight excluding hydrogens is 196 g/mol. The first-order valence-corrected chi connectivity index (χ1v) is 6.24. The average Bonchev–Trinajstić information content (AvgIpc) is 2.27. The SMILES string of the molecule is CC(C)c1ccc2c(c1)N(C(C)C)CCN2. The zero-order chi connectivity index (χ0) is 11.7. The molecule has 1 heterocycles. The van der Waals surface area contributed by atoms with Gasteiger partial charge in [-0.25, -0.2) is 0 Å². The van der Waals surface area contributed by atoms with Crippen LogP contribution in [0.4, 0.5) is 11.4 Å². The number of rotatable bonds is 2. The molecule has 1 aliphatic heterocycles. The van der Waals surface area contributed by atoms with Gasteiger partial charge in [-0.1, -0.05) is 19.9 Å². The van der Waals surface area contributed by atoms with Crippen molar-refractivity contribution in [3.8, 4) is 0 Å². The van der Waals surface area contributed by atoms with Gasteiger partial charge in [0.15, 0.2) is 0 Å². The van der Waals surface area contributed by atoms with Crippen molar-refractivity contribution in [2.45, 2.75) is 39.7 Å². The van der Waals surface area contributed by atoms with Gasteiger partial charge in [-0.3, -0.25) is 0 Å². The molecule has 16 heavy (non-hydrogen) atoms. The summed E-state index contributed by atoms with van der Waals surface area (Å²) in [5, 5.41) is 3.47. The van der Waals surface area contributed by atoms with Crippen LogP contribution in [-0.2, 0) is 0 Å². The third-order valence-corrected chi connectivity index (χ3v) is 3.29. The minimum Gasteiger partial charge on any atom is -0.382 e. The third-order valence-electron chi connectivity index (χ3n) is 3.29. The van der Waals surface area contributed by atoms with E-state index in [1.54, 1.807) is 0 Å². The lowest BCUT2D eigenvalue weighted by molar-refractivity contribution is 0.680. The van der Waals surface area contributed by atoms with Gasteiger partial charge >= 0.3 is 0 Å². The maximum atomic E-state index is 3.47. The fourth-order valence-electron chi connectivity index (χ4n) is 2.26. The van der Waals surface area contributed by atoms with Crippen molar-refractivity contribution in [2.24, 2.45) is 0 Å². The molecule has 0 saturated carbocycles. The predicted octanol–water partition coefficient (Wildman–Crippen LogP) is 3.45. The van der Waals surface area contributed by atoms with Crippen molar-refractivity contribution in [2.75, 3.05) is 23.3 Å². The number of nitrogens with zero attached hydrogens (tertiary/aromatic N) is 1. The summed E-state index contributed by atoms with van der Waals surface area (Å²) in [6.45, 7) is 11.2. The topological polar surface area (TPSA) is 15.3 Å². The molecule has 2 nitrogen and oxygen atoms in total. The molecule has 0 aliphatic carbocycles. The Balaban J connectivity index is 2.40. The minimum absolute atomic E-state index is 0.572. The first kappa shape index (κ1) is 11.3. The Labute approximate surface area is 98.7 Å². The number of hydrogen-bond donors (Lipinski definition) is 1. The lowest BCUT2D eigenvalue weighted by Crippen LogP contribution is -2.38. The molecule has 0 radical (unpaired) electrons. The molecule has 0 amide bonds. The van der Waals surface area contributed by atoms with Crippen LogP contribution in [0.25, 0.3) is 0 Å². The molecule has 0 saturated heterocycles. The zero-order valence-corrected chi connectivity index (χ0v) is 10.7. The molecule has 1 aromatic rings. The van der Waals surface area contributed by atoms with Gasteiger partial charge in [0.05, 0.1) is 11.4 Å². The second-order valence-corrected chi connectivity index (χ2v) is 5.15. The second-order valence-electron chi connectivity index (χ2n) is 5.15. The molecule has 2 rings (SSSR count). The van der Waals surface area contributed by atoms with E-state index in [0.717, 1.165) is 13.1 Å². The molecule has 1 aliphatic rings. The van der Waals surface area contributed by atoms with Crippen LogP contribution in [0.1, 0.15) is 39.2 Å². The summed E-state index contributed by atoms with van der Waals surface area (Å²) in [7, 11) is 0. The van der Waals surface area contributed by atoms with Crippen LogP contribution in [0.15, 0.2) is 18.2 Å². The highest BCUT2D eigenvalue weighted by Gasteiger charge is 2.19. The van der Waals surface area contributed by atoms with E-state index in [1.807, 2.05) is 0 Å². The highest BCUT2D eigenvalue weighted by Crippen LogP contribution is 2.33. The molecule has 0 fully saturated rings. The quantitative estimate of drug-likeness (QED) is 0.818. The van der Waals surface area contributed by atoms with E-state index < -0.39 is 0 Å². The van der Waals surface area contributed by atoms with Gasteiger partial charge in [0, 0.05) is 19.1 Å². The first-order chi connectivity index (χ1) is 7.59. The molecule has 2 heteroatoms. The van der Waals surface area contributed by atoms with Crippen LogP contribution in [0.3, 0.4) is 0 Å². The van der Waals surface area contributed by atoms with Gasteiger partial charge in [0.1, 0.15) is 0 Å². The van der Waals surface area contributed by atoms with E-state index in [2.05, 4.69) is 56.1 Å². The van der Waals surface area contributed by atoms with Gasteiger partial charge in [0.2, 0.25) is 0 Å². The molecule has 0 bridgehead atoms. The molecule has 0 unspecified atom stereocenters. The maximum Gasteiger partial charge on any atom is 0.0607 e. The van der Waals surface area contributed by atoms with Crippen molar-refractivity contribution in [3.63, 3.8) is 0 Å². The van der Waals surface area contributed by atoms with Gasteiger partial charge in [-0.15, -0.1) is 0 Å². The Morgan fingerprint density at radius 3 is 2.56 bits per heavy atom. The molecule has 0 spiro atoms. The lowest BCUT2D eigenvalue weighted by Gasteiger charge is -2.35. The normalized spacial score (nSPS) is 15.2. The van der Waals surface area contributed by atoms with Gasteiger partial charge in [-0.2, -0.15) is 0 Å². The molecular formula is C14H22N2. The Morgan fingerprint density at radius 2 is 1.94 bits per heavy atom. The van der Waals surface area contributed by atoms with E-state index in [9.17, 15) is 0 Å². The van der Waals surface area contributed by atoms with Gasteiger partial charge in [0.25, 0.3) is 0 Å². The van der Waals surface area contributed by atoms with E-state index in [0.29, 0.717) is 12.0 Å². The fourth-order valence-corrected chi connectivity index (χ4v) is 2.26. The number of fused-ring (bicyclic) bond motifs is 1. The number of hydrogen-bond acceptors (Lipinski definition) is 2. The van der Waals surface area contributed by atoms with E-state index >= 15 is 0 Å². The summed E-state index contributed by atoms with van der Waals surface area (Å²) < 4.78 is 0. The monoisotopic (exact) mass is 218 g/mol. The van der Waals surface area contributed by atoms with Crippen molar-refractivity contribution in [1.82, 2.24) is 0 Å². The van der Waals surface area contributed by atoms with Crippen LogP contribution >= 0.6 is 0 Å². The molecule has 0 atom stereocenters. The Kier molecular flexibility index (Phi) is 3.08. The van der Waals surface area contributed by atoms with Crippen molar-refractivity contribution in [3.05, 3.63) is 23.8 Å². The standard InChI is InChI=1S/C14H22N2/c1-10(2)12-5-6-13-14(9-12)16(11(3)4)8-7-15-13/h5-6,9-11,15H,7-8H2,1-4H3. The highest BCUT2D eigenvalue weighted by molar-refractivity contribution is 5.73. The fraction of sp³-hybridized carbons (Fsp3) is 0.571. The molecule has 1 aromatic carbocycles. The molecule has 88 valence electrons. The maximum absolute atomic E-state index is 3.47. The van der Waals surface area contributed by atoms with Crippen LogP contribution in [0, 0.1) is 0 Å². The largest absolute Gasteiger partial charge is 0.382 e. The summed E-state index contributed by atoms with van der Waals surface area (Å²) in [5.74, 6) is 0.598. The lowest BCUT2D eigenvalue weighted by atomic mass is 10.0. The summed E-state index contributed by atoms with van der Waals surface area (Å²) in [6, 6.07) is 7.37. The van der Waals surface area contributed by atoms with Crippen molar-refractivity contribution < 1.29 is 0 Å². The summed E-state index contributed by atoms with van der Waals surface area (Å²) in [4.78, 5) is 2.48. The molecule has 0 aromatic heterocycles. The number of anilines is 2.